The Kier molecular flexibility index (Phi) is 2.59. The van der Waals surface area contributed by atoms with E-state index < -0.39 is 0 Å². The van der Waals surface area contributed by atoms with Gasteiger partial charge in [0.15, 0.2) is 0 Å². The van der Waals surface area contributed by atoms with Gasteiger partial charge < -0.3 is 10.3 Å². The normalized spacial score (nSPS) is 13.4. The lowest BCUT2D eigenvalue weighted by Gasteiger charge is -2.07. The van der Waals surface area contributed by atoms with Crippen molar-refractivity contribution in [1.82, 2.24) is 14.8 Å². The molecule has 0 bridgehead atoms. The Hall–Kier alpha value is -0.900. The summed E-state index contributed by atoms with van der Waals surface area (Å²) in [5.41, 5.74) is 5.83. The fraction of sp³-hybridized carbons (Fsp3) is 0.714. The fourth-order valence-electron chi connectivity index (χ4n) is 1.07. The molecule has 1 heterocycles. The summed E-state index contributed by atoms with van der Waals surface area (Å²) >= 11 is 0. The SMILES string of the molecule is CCCC(N)c1nncn1C. The largest absolute Gasteiger partial charge is 0.321 e. The van der Waals surface area contributed by atoms with Crippen molar-refractivity contribution in [2.75, 3.05) is 0 Å². The van der Waals surface area contributed by atoms with Gasteiger partial charge in [-0.2, -0.15) is 0 Å². The molecule has 0 saturated heterocycles. The van der Waals surface area contributed by atoms with Gasteiger partial charge in [-0.3, -0.25) is 0 Å². The molecule has 0 aliphatic carbocycles. The van der Waals surface area contributed by atoms with Crippen LogP contribution in [0, 0.1) is 0 Å². The minimum absolute atomic E-state index is 0.0347. The van der Waals surface area contributed by atoms with Crippen molar-refractivity contribution in [3.8, 4) is 0 Å². The van der Waals surface area contributed by atoms with Crippen molar-refractivity contribution >= 4 is 0 Å². The van der Waals surface area contributed by atoms with E-state index >= 15 is 0 Å². The van der Waals surface area contributed by atoms with Crippen molar-refractivity contribution in [2.24, 2.45) is 12.8 Å². The van der Waals surface area contributed by atoms with Crippen LogP contribution in [-0.4, -0.2) is 14.8 Å². The van der Waals surface area contributed by atoms with Crippen molar-refractivity contribution < 1.29 is 0 Å². The van der Waals surface area contributed by atoms with Gasteiger partial charge >= 0.3 is 0 Å². The van der Waals surface area contributed by atoms with Gasteiger partial charge in [0.1, 0.15) is 12.2 Å². The van der Waals surface area contributed by atoms with Gasteiger partial charge in [0.2, 0.25) is 0 Å². The summed E-state index contributed by atoms with van der Waals surface area (Å²) in [5, 5.41) is 7.68. The van der Waals surface area contributed by atoms with Crippen molar-refractivity contribution in [2.45, 2.75) is 25.8 Å². The maximum atomic E-state index is 5.83. The lowest BCUT2D eigenvalue weighted by molar-refractivity contribution is 0.578. The number of nitrogens with two attached hydrogens (primary N) is 1. The first-order valence-corrected chi connectivity index (χ1v) is 3.85. The van der Waals surface area contributed by atoms with Gasteiger partial charge in [0, 0.05) is 7.05 Å². The average molecular weight is 154 g/mol. The molecule has 1 aromatic rings. The topological polar surface area (TPSA) is 56.7 Å². The molecular formula is C7H14N4. The summed E-state index contributed by atoms with van der Waals surface area (Å²) < 4.78 is 1.86. The molecule has 0 spiro atoms. The van der Waals surface area contributed by atoms with Crippen LogP contribution in [0.4, 0.5) is 0 Å². The number of nitrogens with zero attached hydrogens (tertiary/aromatic N) is 3. The number of aryl methyl sites for hydroxylation is 1. The van der Waals surface area contributed by atoms with Gasteiger partial charge in [-0.05, 0) is 6.42 Å². The van der Waals surface area contributed by atoms with Crippen LogP contribution in [0.1, 0.15) is 31.6 Å². The lowest BCUT2D eigenvalue weighted by atomic mass is 10.2. The highest BCUT2D eigenvalue weighted by molar-refractivity contribution is 4.91. The Morgan fingerprint density at radius 1 is 1.73 bits per heavy atom. The number of aromatic nitrogens is 3. The fourth-order valence-corrected chi connectivity index (χ4v) is 1.07. The van der Waals surface area contributed by atoms with E-state index in [0.717, 1.165) is 18.7 Å². The Morgan fingerprint density at radius 3 is 2.91 bits per heavy atom. The quantitative estimate of drug-likeness (QED) is 0.694. The zero-order valence-corrected chi connectivity index (χ0v) is 6.99. The predicted octanol–water partition coefficient (Wildman–Crippen LogP) is 0.615. The van der Waals surface area contributed by atoms with Crippen molar-refractivity contribution in [1.29, 1.82) is 0 Å². The second-order valence-electron chi connectivity index (χ2n) is 2.70. The van der Waals surface area contributed by atoms with Gasteiger partial charge in [-0.1, -0.05) is 13.3 Å². The molecule has 0 amide bonds. The van der Waals surface area contributed by atoms with E-state index in [1.807, 2.05) is 11.6 Å². The Bertz CT molecular complexity index is 218. The van der Waals surface area contributed by atoms with Crippen molar-refractivity contribution in [3.63, 3.8) is 0 Å². The summed E-state index contributed by atoms with van der Waals surface area (Å²) in [7, 11) is 1.91. The Labute approximate surface area is 66.4 Å². The maximum Gasteiger partial charge on any atom is 0.149 e. The summed E-state index contributed by atoms with van der Waals surface area (Å²) in [6.07, 6.45) is 3.71. The minimum Gasteiger partial charge on any atom is -0.321 e. The standard InChI is InChI=1S/C7H14N4/c1-3-4-6(8)7-10-9-5-11(7)2/h5-6H,3-4,8H2,1-2H3. The first kappa shape index (κ1) is 8.20. The highest BCUT2D eigenvalue weighted by Gasteiger charge is 2.09. The van der Waals surface area contributed by atoms with Crippen LogP contribution in [0.15, 0.2) is 6.33 Å². The van der Waals surface area contributed by atoms with Crippen LogP contribution in [0.3, 0.4) is 0 Å². The molecule has 4 nitrogen and oxygen atoms in total. The highest BCUT2D eigenvalue weighted by atomic mass is 15.3. The molecule has 11 heavy (non-hydrogen) atoms. The second-order valence-corrected chi connectivity index (χ2v) is 2.70. The van der Waals surface area contributed by atoms with Crippen LogP contribution in [0.25, 0.3) is 0 Å². The number of hydrogen-bond donors (Lipinski definition) is 1. The number of rotatable bonds is 3. The average Bonchev–Trinajstić information content (AvgIpc) is 2.36. The maximum absolute atomic E-state index is 5.83. The van der Waals surface area contributed by atoms with E-state index in [1.54, 1.807) is 6.33 Å². The zero-order valence-electron chi connectivity index (χ0n) is 6.99. The van der Waals surface area contributed by atoms with Gasteiger partial charge in [0.05, 0.1) is 6.04 Å². The molecule has 0 fully saturated rings. The molecule has 0 aromatic carbocycles. The van der Waals surface area contributed by atoms with Crippen LogP contribution in [0.5, 0.6) is 0 Å². The van der Waals surface area contributed by atoms with Gasteiger partial charge in [-0.25, -0.2) is 0 Å². The molecule has 1 unspecified atom stereocenters. The molecule has 2 N–H and O–H groups in total. The third-order valence-electron chi connectivity index (χ3n) is 1.68. The number of hydrogen-bond acceptors (Lipinski definition) is 3. The summed E-state index contributed by atoms with van der Waals surface area (Å²) in [4.78, 5) is 0. The zero-order chi connectivity index (χ0) is 8.27. The van der Waals surface area contributed by atoms with E-state index in [0.29, 0.717) is 0 Å². The molecule has 0 radical (unpaired) electrons. The van der Waals surface area contributed by atoms with E-state index in [2.05, 4.69) is 17.1 Å². The van der Waals surface area contributed by atoms with Gasteiger partial charge in [0.25, 0.3) is 0 Å². The Morgan fingerprint density at radius 2 is 2.45 bits per heavy atom. The third kappa shape index (κ3) is 1.77. The summed E-state index contributed by atoms with van der Waals surface area (Å²) in [5.74, 6) is 0.867. The summed E-state index contributed by atoms with van der Waals surface area (Å²) in [6.45, 7) is 2.11. The molecule has 1 atom stereocenters. The molecule has 1 aromatic heterocycles. The molecule has 0 aliphatic heterocycles. The minimum atomic E-state index is 0.0347. The molecule has 1 rings (SSSR count). The summed E-state index contributed by atoms with van der Waals surface area (Å²) in [6, 6.07) is 0.0347. The molecular weight excluding hydrogens is 140 g/mol. The van der Waals surface area contributed by atoms with Crippen molar-refractivity contribution in [3.05, 3.63) is 12.2 Å². The van der Waals surface area contributed by atoms with E-state index in [1.165, 1.54) is 0 Å². The molecule has 0 saturated carbocycles. The molecule has 0 aliphatic rings. The van der Waals surface area contributed by atoms with Gasteiger partial charge in [-0.15, -0.1) is 10.2 Å². The van der Waals surface area contributed by atoms with E-state index in [9.17, 15) is 0 Å². The van der Waals surface area contributed by atoms with E-state index in [4.69, 9.17) is 5.73 Å². The predicted molar refractivity (Wildman–Crippen MR) is 42.8 cm³/mol. The lowest BCUT2D eigenvalue weighted by Crippen LogP contribution is -2.14. The smallest absolute Gasteiger partial charge is 0.149 e. The van der Waals surface area contributed by atoms with Crippen LogP contribution in [0.2, 0.25) is 0 Å². The van der Waals surface area contributed by atoms with Crippen LogP contribution < -0.4 is 5.73 Å². The third-order valence-corrected chi connectivity index (χ3v) is 1.68. The Balaban J connectivity index is 2.67. The highest BCUT2D eigenvalue weighted by Crippen LogP contribution is 2.10. The monoisotopic (exact) mass is 154 g/mol. The first-order valence-electron chi connectivity index (χ1n) is 3.85. The molecule has 4 heteroatoms. The molecule has 62 valence electrons. The van der Waals surface area contributed by atoms with Crippen LogP contribution >= 0.6 is 0 Å². The second kappa shape index (κ2) is 3.48. The first-order chi connectivity index (χ1) is 5.25. The van der Waals surface area contributed by atoms with Crippen LogP contribution in [-0.2, 0) is 7.05 Å². The van der Waals surface area contributed by atoms with E-state index in [-0.39, 0.29) is 6.04 Å².